The lowest BCUT2D eigenvalue weighted by Crippen LogP contribution is -2.27. The smallest absolute Gasteiger partial charge is 0.209 e. The van der Waals surface area contributed by atoms with Gasteiger partial charge >= 0.3 is 0 Å². The molecule has 0 radical (unpaired) electrons. The second kappa shape index (κ2) is 6.08. The standard InChI is InChI=1S/C16H21N5O3S/c1-25(23,24)19-9-14-20-13-8-18-16-12(5-6-17-16)15(13)21(14)10-3-2-4-11(22)7-10/h5-6,8,10-11,19,22H,2-4,7,9H2,1H3,(H,17,18)/t10-,11-/m1/s1. The third-order valence-electron chi connectivity index (χ3n) is 4.78. The lowest BCUT2D eigenvalue weighted by atomic mass is 9.92. The molecule has 2 atom stereocenters. The van der Waals surface area contributed by atoms with Gasteiger partial charge in [-0.2, -0.15) is 0 Å². The molecule has 0 amide bonds. The number of rotatable bonds is 4. The molecule has 3 heterocycles. The molecule has 0 spiro atoms. The molecular weight excluding hydrogens is 342 g/mol. The van der Waals surface area contributed by atoms with Gasteiger partial charge in [0, 0.05) is 17.6 Å². The van der Waals surface area contributed by atoms with E-state index in [9.17, 15) is 13.5 Å². The summed E-state index contributed by atoms with van der Waals surface area (Å²) in [7, 11) is -3.32. The topological polar surface area (TPSA) is 113 Å². The molecule has 4 rings (SSSR count). The van der Waals surface area contributed by atoms with E-state index >= 15 is 0 Å². The van der Waals surface area contributed by atoms with Crippen molar-refractivity contribution >= 4 is 32.1 Å². The Labute approximate surface area is 145 Å². The highest BCUT2D eigenvalue weighted by atomic mass is 32.2. The summed E-state index contributed by atoms with van der Waals surface area (Å²) in [5.74, 6) is 0.648. The molecular formula is C16H21N5O3S. The summed E-state index contributed by atoms with van der Waals surface area (Å²) in [5.41, 5.74) is 2.45. The summed E-state index contributed by atoms with van der Waals surface area (Å²) >= 11 is 0. The predicted molar refractivity (Wildman–Crippen MR) is 94.6 cm³/mol. The normalized spacial score (nSPS) is 22.0. The third-order valence-corrected chi connectivity index (χ3v) is 5.45. The maximum Gasteiger partial charge on any atom is 0.209 e. The van der Waals surface area contributed by atoms with Gasteiger partial charge in [0.2, 0.25) is 10.0 Å². The number of aliphatic hydroxyl groups is 1. The first-order chi connectivity index (χ1) is 11.9. The van der Waals surface area contributed by atoms with Crippen molar-refractivity contribution in [1.29, 1.82) is 0 Å². The van der Waals surface area contributed by atoms with Crippen LogP contribution in [0.4, 0.5) is 0 Å². The lowest BCUT2D eigenvalue weighted by molar-refractivity contribution is 0.104. The van der Waals surface area contributed by atoms with Crippen LogP contribution in [0.5, 0.6) is 0 Å². The zero-order chi connectivity index (χ0) is 17.6. The number of H-pyrrole nitrogens is 1. The number of sulfonamides is 1. The quantitative estimate of drug-likeness (QED) is 0.649. The number of nitrogens with one attached hydrogen (secondary N) is 2. The summed E-state index contributed by atoms with van der Waals surface area (Å²) in [6, 6.07) is 2.04. The highest BCUT2D eigenvalue weighted by Crippen LogP contribution is 2.35. The highest BCUT2D eigenvalue weighted by Gasteiger charge is 2.27. The SMILES string of the molecule is CS(=O)(=O)NCc1nc2cnc3[nH]ccc3c2n1[C@@H]1CCC[C@@H](O)C1. The number of aliphatic hydroxyl groups excluding tert-OH is 1. The number of fused-ring (bicyclic) bond motifs is 3. The Bertz CT molecular complexity index is 1020. The van der Waals surface area contributed by atoms with Crippen molar-refractivity contribution < 1.29 is 13.5 Å². The third kappa shape index (κ3) is 3.14. The molecule has 1 aliphatic rings. The number of imidazole rings is 1. The van der Waals surface area contributed by atoms with Crippen LogP contribution in [0.2, 0.25) is 0 Å². The van der Waals surface area contributed by atoms with Crippen LogP contribution in [0.25, 0.3) is 22.1 Å². The first-order valence-corrected chi connectivity index (χ1v) is 10.3. The lowest BCUT2D eigenvalue weighted by Gasteiger charge is -2.29. The minimum atomic E-state index is -3.32. The Morgan fingerprint density at radius 1 is 1.44 bits per heavy atom. The van der Waals surface area contributed by atoms with Crippen LogP contribution in [0, 0.1) is 0 Å². The molecule has 0 aliphatic heterocycles. The Kier molecular flexibility index (Phi) is 4.01. The highest BCUT2D eigenvalue weighted by molar-refractivity contribution is 7.88. The monoisotopic (exact) mass is 363 g/mol. The van der Waals surface area contributed by atoms with Crippen molar-refractivity contribution in [3.8, 4) is 0 Å². The number of pyridine rings is 1. The van der Waals surface area contributed by atoms with Crippen molar-refractivity contribution in [2.75, 3.05) is 6.26 Å². The first-order valence-electron chi connectivity index (χ1n) is 8.38. The van der Waals surface area contributed by atoms with E-state index in [2.05, 4.69) is 24.2 Å². The van der Waals surface area contributed by atoms with Gasteiger partial charge < -0.3 is 14.7 Å². The van der Waals surface area contributed by atoms with Gasteiger partial charge in [0.05, 0.1) is 30.6 Å². The molecule has 1 fully saturated rings. The summed E-state index contributed by atoms with van der Waals surface area (Å²) in [6.07, 6.45) is 7.65. The van der Waals surface area contributed by atoms with Crippen molar-refractivity contribution in [1.82, 2.24) is 24.2 Å². The van der Waals surface area contributed by atoms with Crippen LogP contribution >= 0.6 is 0 Å². The van der Waals surface area contributed by atoms with E-state index in [4.69, 9.17) is 0 Å². The molecule has 25 heavy (non-hydrogen) atoms. The van der Waals surface area contributed by atoms with E-state index in [1.165, 1.54) is 0 Å². The number of hydrogen-bond acceptors (Lipinski definition) is 5. The molecule has 134 valence electrons. The Balaban J connectivity index is 1.89. The molecule has 3 aromatic heterocycles. The van der Waals surface area contributed by atoms with E-state index < -0.39 is 10.0 Å². The maximum atomic E-state index is 11.5. The summed E-state index contributed by atoms with van der Waals surface area (Å²) in [5, 5.41) is 11.1. The van der Waals surface area contributed by atoms with Crippen LogP contribution in [-0.2, 0) is 16.6 Å². The molecule has 1 aliphatic carbocycles. The summed E-state index contributed by atoms with van der Waals surface area (Å²) < 4.78 is 27.7. The van der Waals surface area contributed by atoms with E-state index in [-0.39, 0.29) is 18.7 Å². The summed E-state index contributed by atoms with van der Waals surface area (Å²) in [6.45, 7) is 0.117. The van der Waals surface area contributed by atoms with Crippen molar-refractivity contribution in [2.24, 2.45) is 0 Å². The molecule has 3 aromatic rings. The second-order valence-corrected chi connectivity index (χ2v) is 8.53. The molecule has 9 heteroatoms. The fourth-order valence-electron chi connectivity index (χ4n) is 3.73. The van der Waals surface area contributed by atoms with E-state index in [0.29, 0.717) is 12.2 Å². The molecule has 0 unspecified atom stereocenters. The van der Waals surface area contributed by atoms with Crippen LogP contribution < -0.4 is 4.72 Å². The number of nitrogens with zero attached hydrogens (tertiary/aromatic N) is 3. The van der Waals surface area contributed by atoms with Gasteiger partial charge in [0.1, 0.15) is 17.0 Å². The van der Waals surface area contributed by atoms with Gasteiger partial charge in [-0.05, 0) is 31.7 Å². The number of aromatic amines is 1. The zero-order valence-corrected chi connectivity index (χ0v) is 14.8. The Hall–Kier alpha value is -1.97. The van der Waals surface area contributed by atoms with Gasteiger partial charge in [-0.25, -0.2) is 23.1 Å². The largest absolute Gasteiger partial charge is 0.393 e. The van der Waals surface area contributed by atoms with E-state index in [1.54, 1.807) is 6.20 Å². The second-order valence-electron chi connectivity index (χ2n) is 6.70. The summed E-state index contributed by atoms with van der Waals surface area (Å²) in [4.78, 5) is 12.1. The Morgan fingerprint density at radius 2 is 2.28 bits per heavy atom. The molecule has 3 N–H and O–H groups in total. The molecule has 8 nitrogen and oxygen atoms in total. The van der Waals surface area contributed by atoms with Gasteiger partial charge in [-0.1, -0.05) is 0 Å². The van der Waals surface area contributed by atoms with Crippen molar-refractivity contribution in [3.05, 3.63) is 24.3 Å². The minimum Gasteiger partial charge on any atom is -0.393 e. The Morgan fingerprint density at radius 3 is 3.04 bits per heavy atom. The molecule has 0 saturated heterocycles. The maximum absolute atomic E-state index is 11.5. The van der Waals surface area contributed by atoms with Gasteiger partial charge in [0.25, 0.3) is 0 Å². The predicted octanol–water partition coefficient (Wildman–Crippen LogP) is 1.44. The van der Waals surface area contributed by atoms with Crippen LogP contribution in [0.1, 0.15) is 37.5 Å². The van der Waals surface area contributed by atoms with Gasteiger partial charge in [-0.3, -0.25) is 0 Å². The first kappa shape index (κ1) is 16.5. The van der Waals surface area contributed by atoms with Crippen LogP contribution in [0.3, 0.4) is 0 Å². The molecule has 0 bridgehead atoms. The van der Waals surface area contributed by atoms with Crippen molar-refractivity contribution in [3.63, 3.8) is 0 Å². The number of hydrogen-bond donors (Lipinski definition) is 3. The molecule has 0 aromatic carbocycles. The van der Waals surface area contributed by atoms with E-state index in [0.717, 1.165) is 47.6 Å². The average molecular weight is 363 g/mol. The van der Waals surface area contributed by atoms with Crippen molar-refractivity contribution in [2.45, 2.75) is 44.4 Å². The average Bonchev–Trinajstić information content (AvgIpc) is 3.15. The minimum absolute atomic E-state index is 0.0885. The fourth-order valence-corrected chi connectivity index (χ4v) is 4.12. The van der Waals surface area contributed by atoms with Gasteiger partial charge in [-0.15, -0.1) is 0 Å². The zero-order valence-electron chi connectivity index (χ0n) is 13.9. The van der Waals surface area contributed by atoms with Crippen LogP contribution in [0.15, 0.2) is 18.5 Å². The van der Waals surface area contributed by atoms with Gasteiger partial charge in [0.15, 0.2) is 0 Å². The fraction of sp³-hybridized carbons (Fsp3) is 0.500. The number of aromatic nitrogens is 4. The van der Waals surface area contributed by atoms with E-state index in [1.807, 2.05) is 12.3 Å². The van der Waals surface area contributed by atoms with Crippen LogP contribution in [-0.4, -0.2) is 45.4 Å². The molecule has 1 saturated carbocycles.